The molecule has 29 heavy (non-hydrogen) atoms. The summed E-state index contributed by atoms with van der Waals surface area (Å²) in [4.78, 5) is 12.3. The zero-order chi connectivity index (χ0) is 21.6. The number of nitrogens with zero attached hydrogens (tertiary/aromatic N) is 2. The summed E-state index contributed by atoms with van der Waals surface area (Å²) >= 11 is 0. The molecule has 0 aliphatic rings. The zero-order valence-electron chi connectivity index (χ0n) is 17.3. The summed E-state index contributed by atoms with van der Waals surface area (Å²) in [5.41, 5.74) is 5.35. The summed E-state index contributed by atoms with van der Waals surface area (Å²) in [6.45, 7) is 5.50. The lowest BCUT2D eigenvalue weighted by molar-refractivity contribution is -0.119. The Morgan fingerprint density at radius 1 is 1.10 bits per heavy atom. The van der Waals surface area contributed by atoms with E-state index in [9.17, 15) is 13.2 Å². The summed E-state index contributed by atoms with van der Waals surface area (Å²) in [7, 11) is -2.05. The molecular weight excluding hydrogens is 390 g/mol. The number of benzene rings is 2. The maximum Gasteiger partial charge on any atom is 0.260 e. The standard InChI is InChI=1S/C21H27N3O4S/c1-15(2)17-6-10-19(11-7-17)24(29(5,26)27)14-21(25)23-22-16(3)18-8-12-20(28-4)13-9-18/h6-13,15H,14H2,1-5H3,(H,23,25)/b22-16-. The van der Waals surface area contributed by atoms with Crippen LogP contribution in [0, 0.1) is 0 Å². The second kappa shape index (κ2) is 9.56. The molecule has 2 rings (SSSR count). The third kappa shape index (κ3) is 6.32. The van der Waals surface area contributed by atoms with Gasteiger partial charge in [-0.3, -0.25) is 9.10 Å². The average molecular weight is 418 g/mol. The number of carbonyl (C=O) groups excluding carboxylic acids is 1. The topological polar surface area (TPSA) is 88.1 Å². The first-order valence-corrected chi connectivity index (χ1v) is 11.0. The van der Waals surface area contributed by atoms with Crippen molar-refractivity contribution >= 4 is 27.3 Å². The molecule has 0 aliphatic heterocycles. The van der Waals surface area contributed by atoms with Gasteiger partial charge in [-0.05, 0) is 60.4 Å². The van der Waals surface area contributed by atoms with Crippen LogP contribution < -0.4 is 14.5 Å². The molecule has 0 aliphatic carbocycles. The number of anilines is 1. The monoisotopic (exact) mass is 417 g/mol. The van der Waals surface area contributed by atoms with E-state index in [0.717, 1.165) is 27.4 Å². The molecule has 0 fully saturated rings. The molecule has 0 bridgehead atoms. The first-order chi connectivity index (χ1) is 13.6. The molecule has 0 atom stereocenters. The molecule has 0 heterocycles. The molecule has 0 aromatic heterocycles. The third-order valence-corrected chi connectivity index (χ3v) is 5.53. The fraction of sp³-hybridized carbons (Fsp3) is 0.333. The van der Waals surface area contributed by atoms with Gasteiger partial charge in [-0.25, -0.2) is 13.8 Å². The van der Waals surface area contributed by atoms with Gasteiger partial charge >= 0.3 is 0 Å². The highest BCUT2D eigenvalue weighted by molar-refractivity contribution is 7.92. The Labute approximate surface area is 172 Å². The van der Waals surface area contributed by atoms with Gasteiger partial charge in [0.2, 0.25) is 10.0 Å². The number of hydrazone groups is 1. The Balaban J connectivity index is 2.11. The van der Waals surface area contributed by atoms with Gasteiger partial charge in [-0.15, -0.1) is 0 Å². The highest BCUT2D eigenvalue weighted by Gasteiger charge is 2.21. The number of sulfonamides is 1. The van der Waals surface area contributed by atoms with Gasteiger partial charge in [0.05, 0.1) is 24.8 Å². The van der Waals surface area contributed by atoms with E-state index >= 15 is 0 Å². The van der Waals surface area contributed by atoms with Gasteiger partial charge in [-0.1, -0.05) is 26.0 Å². The van der Waals surface area contributed by atoms with Gasteiger partial charge in [0, 0.05) is 0 Å². The molecule has 8 heteroatoms. The van der Waals surface area contributed by atoms with E-state index < -0.39 is 15.9 Å². The summed E-state index contributed by atoms with van der Waals surface area (Å²) in [6, 6.07) is 14.4. The van der Waals surface area contributed by atoms with Crippen LogP contribution in [-0.2, 0) is 14.8 Å². The molecule has 156 valence electrons. The Morgan fingerprint density at radius 2 is 1.69 bits per heavy atom. The second-order valence-corrected chi connectivity index (χ2v) is 8.88. The fourth-order valence-electron chi connectivity index (χ4n) is 2.63. The van der Waals surface area contributed by atoms with Gasteiger partial charge in [0.15, 0.2) is 0 Å². The maximum atomic E-state index is 12.3. The number of hydrogen-bond donors (Lipinski definition) is 1. The van der Waals surface area contributed by atoms with Crippen molar-refractivity contribution in [2.24, 2.45) is 5.10 Å². The molecule has 0 saturated carbocycles. The van der Waals surface area contributed by atoms with Gasteiger partial charge in [0.25, 0.3) is 5.91 Å². The van der Waals surface area contributed by atoms with Crippen molar-refractivity contribution in [3.63, 3.8) is 0 Å². The molecule has 0 unspecified atom stereocenters. The van der Waals surface area contributed by atoms with Crippen LogP contribution in [0.3, 0.4) is 0 Å². The summed E-state index contributed by atoms with van der Waals surface area (Å²) in [5, 5.41) is 4.07. The minimum absolute atomic E-state index is 0.328. The van der Waals surface area contributed by atoms with Gasteiger partial charge in [0.1, 0.15) is 12.3 Å². The molecule has 0 saturated heterocycles. The van der Waals surface area contributed by atoms with Crippen LogP contribution >= 0.6 is 0 Å². The predicted octanol–water partition coefficient (Wildman–Crippen LogP) is 3.13. The summed E-state index contributed by atoms with van der Waals surface area (Å²) in [6.07, 6.45) is 1.07. The Morgan fingerprint density at radius 3 is 2.17 bits per heavy atom. The smallest absolute Gasteiger partial charge is 0.260 e. The molecule has 2 aromatic rings. The van der Waals surface area contributed by atoms with Crippen LogP contribution in [0.25, 0.3) is 0 Å². The van der Waals surface area contributed by atoms with Crippen molar-refractivity contribution in [2.45, 2.75) is 26.7 Å². The number of carbonyl (C=O) groups is 1. The Kier molecular flexibility index (Phi) is 7.39. The highest BCUT2D eigenvalue weighted by atomic mass is 32.2. The predicted molar refractivity (Wildman–Crippen MR) is 116 cm³/mol. The molecule has 2 aromatic carbocycles. The highest BCUT2D eigenvalue weighted by Crippen LogP contribution is 2.21. The van der Waals surface area contributed by atoms with E-state index in [0.29, 0.717) is 17.3 Å². The lowest BCUT2D eigenvalue weighted by atomic mass is 10.0. The van der Waals surface area contributed by atoms with Crippen LogP contribution in [-0.4, -0.2) is 39.9 Å². The van der Waals surface area contributed by atoms with Crippen LogP contribution in [0.4, 0.5) is 5.69 Å². The third-order valence-electron chi connectivity index (χ3n) is 4.39. The quantitative estimate of drug-likeness (QED) is 0.528. The molecular formula is C21H27N3O4S. The van der Waals surface area contributed by atoms with Crippen LogP contribution in [0.5, 0.6) is 5.75 Å². The molecule has 1 N–H and O–H groups in total. The number of nitrogens with one attached hydrogen (secondary N) is 1. The summed E-state index contributed by atoms with van der Waals surface area (Å²) < 4.78 is 30.6. The minimum Gasteiger partial charge on any atom is -0.497 e. The number of methoxy groups -OCH3 is 1. The first-order valence-electron chi connectivity index (χ1n) is 9.17. The van der Waals surface area contributed by atoms with Gasteiger partial charge in [-0.2, -0.15) is 5.10 Å². The van der Waals surface area contributed by atoms with Crippen molar-refractivity contribution in [1.82, 2.24) is 5.43 Å². The number of amides is 1. The van der Waals surface area contributed by atoms with Crippen molar-refractivity contribution in [1.29, 1.82) is 0 Å². The van der Waals surface area contributed by atoms with E-state index in [1.807, 2.05) is 24.3 Å². The summed E-state index contributed by atoms with van der Waals surface area (Å²) in [5.74, 6) is 0.517. The van der Waals surface area contributed by atoms with Crippen molar-refractivity contribution in [3.8, 4) is 5.75 Å². The van der Waals surface area contributed by atoms with Crippen molar-refractivity contribution < 1.29 is 17.9 Å². The maximum absolute atomic E-state index is 12.3. The van der Waals surface area contributed by atoms with Crippen LogP contribution in [0.1, 0.15) is 37.8 Å². The van der Waals surface area contributed by atoms with Gasteiger partial charge < -0.3 is 4.74 Å². The molecule has 0 radical (unpaired) electrons. The number of hydrogen-bond acceptors (Lipinski definition) is 5. The molecule has 7 nitrogen and oxygen atoms in total. The zero-order valence-corrected chi connectivity index (χ0v) is 18.2. The lowest BCUT2D eigenvalue weighted by Crippen LogP contribution is -2.39. The minimum atomic E-state index is -3.63. The number of ether oxygens (including phenoxy) is 1. The Hall–Kier alpha value is -2.87. The van der Waals surface area contributed by atoms with Crippen molar-refractivity contribution in [2.75, 3.05) is 24.2 Å². The number of rotatable bonds is 8. The average Bonchev–Trinajstić information content (AvgIpc) is 2.69. The van der Waals surface area contributed by atoms with Crippen molar-refractivity contribution in [3.05, 3.63) is 59.7 Å². The van der Waals surface area contributed by atoms with Crippen LogP contribution in [0.2, 0.25) is 0 Å². The van der Waals surface area contributed by atoms with E-state index in [4.69, 9.17) is 4.74 Å². The van der Waals surface area contributed by atoms with E-state index in [2.05, 4.69) is 24.4 Å². The van der Waals surface area contributed by atoms with E-state index in [1.54, 1.807) is 38.3 Å². The van der Waals surface area contributed by atoms with Crippen LogP contribution in [0.15, 0.2) is 53.6 Å². The van der Waals surface area contributed by atoms with E-state index in [-0.39, 0.29) is 6.54 Å². The first kappa shape index (κ1) is 22.4. The second-order valence-electron chi connectivity index (χ2n) is 6.98. The Bertz CT molecular complexity index is 966. The fourth-order valence-corrected chi connectivity index (χ4v) is 3.49. The largest absolute Gasteiger partial charge is 0.497 e. The lowest BCUT2D eigenvalue weighted by Gasteiger charge is -2.22. The molecule has 1 amide bonds. The normalized spacial score (nSPS) is 12.0. The SMILES string of the molecule is COc1ccc(/C(C)=N\NC(=O)CN(c2ccc(C(C)C)cc2)S(C)(=O)=O)cc1. The molecule has 0 spiro atoms. The van der Waals surface area contributed by atoms with E-state index in [1.165, 1.54) is 0 Å².